The fraction of sp³-hybridized carbons (Fsp3) is 0.636. The topological polar surface area (TPSA) is 161 Å². The van der Waals surface area contributed by atoms with Crippen LogP contribution >= 0.6 is 7.82 Å². The Balaban J connectivity index is 3.70. The van der Waals surface area contributed by atoms with E-state index in [2.05, 4.69) is 13.2 Å². The van der Waals surface area contributed by atoms with E-state index in [0.717, 1.165) is 0 Å². The summed E-state index contributed by atoms with van der Waals surface area (Å²) in [4.78, 5) is 55.0. The quantitative estimate of drug-likeness (QED) is 0.0819. The fourth-order valence-corrected chi connectivity index (χ4v) is 2.90. The lowest BCUT2D eigenvalue weighted by molar-refractivity contribution is -0.150. The van der Waals surface area contributed by atoms with Crippen molar-refractivity contribution in [3.63, 3.8) is 0 Å². The lowest BCUT2D eigenvalue weighted by atomic mass is 10.2. The van der Waals surface area contributed by atoms with Crippen LogP contribution in [-0.2, 0) is 51.7 Å². The molecule has 0 unspecified atom stereocenters. The lowest BCUT2D eigenvalue weighted by Gasteiger charge is -2.12. The van der Waals surface area contributed by atoms with Gasteiger partial charge in [-0.1, -0.05) is 13.2 Å². The molecule has 0 amide bonds. The molecular formula is C22H35O12P. The Kier molecular flexibility index (Phi) is 17.4. The highest BCUT2D eigenvalue weighted by atomic mass is 31.2. The average molecular weight is 522 g/mol. The van der Waals surface area contributed by atoms with Crippen LogP contribution in [0.15, 0.2) is 24.3 Å². The van der Waals surface area contributed by atoms with Gasteiger partial charge >= 0.3 is 31.7 Å². The van der Waals surface area contributed by atoms with E-state index in [1.165, 1.54) is 13.8 Å². The molecule has 12 nitrogen and oxygen atoms in total. The standard InChI is InChI=1S/C22H35O12P/c1-17(2)21(25)31-15-13-29-19(23)9-5-7-11-33-35(27,28)34-12-8-6-10-20(24)30-14-16-32-22(26)18(3)4/h1,3,5-16H2,2,4H3,(H,27,28). The van der Waals surface area contributed by atoms with E-state index in [-0.39, 0.29) is 63.6 Å². The summed E-state index contributed by atoms with van der Waals surface area (Å²) in [6.45, 7) is 9.37. The molecule has 0 bridgehead atoms. The second-order valence-corrected chi connectivity index (χ2v) is 8.78. The van der Waals surface area contributed by atoms with Crippen LogP contribution in [0.5, 0.6) is 0 Å². The Hall–Kier alpha value is -2.53. The van der Waals surface area contributed by atoms with Gasteiger partial charge in [0.25, 0.3) is 0 Å². The van der Waals surface area contributed by atoms with Crippen molar-refractivity contribution in [1.29, 1.82) is 0 Å². The zero-order valence-corrected chi connectivity index (χ0v) is 21.2. The van der Waals surface area contributed by atoms with Crippen LogP contribution in [0.25, 0.3) is 0 Å². The van der Waals surface area contributed by atoms with Gasteiger partial charge in [0.15, 0.2) is 0 Å². The molecule has 0 heterocycles. The normalized spacial score (nSPS) is 10.8. The van der Waals surface area contributed by atoms with Crippen molar-refractivity contribution in [2.75, 3.05) is 39.6 Å². The molecule has 200 valence electrons. The van der Waals surface area contributed by atoms with Crippen LogP contribution in [0.3, 0.4) is 0 Å². The maximum Gasteiger partial charge on any atom is 0.472 e. The Bertz CT molecular complexity index is 716. The molecule has 35 heavy (non-hydrogen) atoms. The summed E-state index contributed by atoms with van der Waals surface area (Å²) >= 11 is 0. The average Bonchev–Trinajstić information content (AvgIpc) is 2.78. The van der Waals surface area contributed by atoms with E-state index in [9.17, 15) is 28.6 Å². The minimum atomic E-state index is -4.24. The van der Waals surface area contributed by atoms with Gasteiger partial charge in [0, 0.05) is 24.0 Å². The number of hydrogen-bond acceptors (Lipinski definition) is 11. The number of esters is 4. The summed E-state index contributed by atoms with van der Waals surface area (Å²) < 4.78 is 40.8. The molecule has 0 aliphatic rings. The van der Waals surface area contributed by atoms with Crippen LogP contribution in [0.4, 0.5) is 0 Å². The first kappa shape index (κ1) is 32.5. The van der Waals surface area contributed by atoms with Gasteiger partial charge in [-0.2, -0.15) is 0 Å². The number of carbonyl (C=O) groups excluding carboxylic acids is 4. The van der Waals surface area contributed by atoms with Crippen molar-refractivity contribution in [1.82, 2.24) is 0 Å². The first-order valence-corrected chi connectivity index (χ1v) is 12.5. The summed E-state index contributed by atoms with van der Waals surface area (Å²) in [7, 11) is -4.24. The highest BCUT2D eigenvalue weighted by Crippen LogP contribution is 2.43. The molecule has 0 rings (SSSR count). The molecule has 0 aromatic heterocycles. The van der Waals surface area contributed by atoms with E-state index in [1.54, 1.807) is 0 Å². The van der Waals surface area contributed by atoms with Gasteiger partial charge in [-0.3, -0.25) is 18.6 Å². The van der Waals surface area contributed by atoms with Crippen LogP contribution in [0, 0.1) is 0 Å². The number of phosphoric ester groups is 1. The summed E-state index contributed by atoms with van der Waals surface area (Å²) in [5.41, 5.74) is 0.497. The van der Waals surface area contributed by atoms with Crippen LogP contribution in [0.1, 0.15) is 52.4 Å². The van der Waals surface area contributed by atoms with Gasteiger partial charge in [0.1, 0.15) is 26.4 Å². The molecule has 0 saturated heterocycles. The largest absolute Gasteiger partial charge is 0.472 e. The summed E-state index contributed by atoms with van der Waals surface area (Å²) in [5.74, 6) is -2.11. The van der Waals surface area contributed by atoms with Crippen molar-refractivity contribution < 1.29 is 56.6 Å². The third-order valence-corrected chi connectivity index (χ3v) is 4.93. The number of phosphoric acid groups is 1. The molecule has 0 aliphatic carbocycles. The van der Waals surface area contributed by atoms with E-state index >= 15 is 0 Å². The Morgan fingerprint density at radius 1 is 0.629 bits per heavy atom. The van der Waals surface area contributed by atoms with E-state index in [4.69, 9.17) is 28.0 Å². The second-order valence-electron chi connectivity index (χ2n) is 7.32. The van der Waals surface area contributed by atoms with Gasteiger partial charge in [0.05, 0.1) is 13.2 Å². The third kappa shape index (κ3) is 19.5. The smallest absolute Gasteiger partial charge is 0.462 e. The van der Waals surface area contributed by atoms with Gasteiger partial charge < -0.3 is 23.8 Å². The van der Waals surface area contributed by atoms with Crippen molar-refractivity contribution in [3.8, 4) is 0 Å². The zero-order chi connectivity index (χ0) is 26.7. The van der Waals surface area contributed by atoms with E-state index in [0.29, 0.717) is 25.7 Å². The summed E-state index contributed by atoms with van der Waals surface area (Å²) in [6.07, 6.45) is 1.50. The predicted octanol–water partition coefficient (Wildman–Crippen LogP) is 2.79. The Morgan fingerprint density at radius 2 is 0.971 bits per heavy atom. The molecular weight excluding hydrogens is 487 g/mol. The van der Waals surface area contributed by atoms with Crippen LogP contribution in [0.2, 0.25) is 0 Å². The maximum absolute atomic E-state index is 11.8. The number of hydrogen-bond donors (Lipinski definition) is 1. The number of carbonyl (C=O) groups is 4. The van der Waals surface area contributed by atoms with E-state index < -0.39 is 31.7 Å². The molecule has 13 heteroatoms. The molecule has 0 saturated carbocycles. The molecule has 1 N–H and O–H groups in total. The lowest BCUT2D eigenvalue weighted by Crippen LogP contribution is -2.14. The number of rotatable bonds is 20. The molecule has 0 spiro atoms. The van der Waals surface area contributed by atoms with Crippen molar-refractivity contribution in [3.05, 3.63) is 24.3 Å². The molecule has 0 aromatic rings. The Morgan fingerprint density at radius 3 is 1.31 bits per heavy atom. The van der Waals surface area contributed by atoms with Crippen molar-refractivity contribution in [2.45, 2.75) is 52.4 Å². The van der Waals surface area contributed by atoms with E-state index in [1.807, 2.05) is 0 Å². The predicted molar refractivity (Wildman–Crippen MR) is 123 cm³/mol. The SMILES string of the molecule is C=C(C)C(=O)OCCOC(=O)CCCCOP(=O)(O)OCCCCC(=O)OCCOC(=O)C(=C)C. The second kappa shape index (κ2) is 18.8. The van der Waals surface area contributed by atoms with Crippen molar-refractivity contribution in [2.24, 2.45) is 0 Å². The highest BCUT2D eigenvalue weighted by Gasteiger charge is 2.20. The zero-order valence-electron chi connectivity index (χ0n) is 20.3. The van der Waals surface area contributed by atoms with Crippen LogP contribution < -0.4 is 0 Å². The van der Waals surface area contributed by atoms with Gasteiger partial charge in [-0.25, -0.2) is 14.2 Å². The third-order valence-electron chi connectivity index (χ3n) is 3.92. The number of unbranched alkanes of at least 4 members (excludes halogenated alkanes) is 2. The van der Waals surface area contributed by atoms with Crippen LogP contribution in [-0.4, -0.2) is 68.4 Å². The molecule has 0 radical (unpaired) electrons. The molecule has 0 aromatic carbocycles. The van der Waals surface area contributed by atoms with Gasteiger partial charge in [-0.15, -0.1) is 0 Å². The maximum atomic E-state index is 11.8. The van der Waals surface area contributed by atoms with Gasteiger partial charge in [0.2, 0.25) is 0 Å². The first-order valence-electron chi connectivity index (χ1n) is 11.0. The number of ether oxygens (including phenoxy) is 4. The monoisotopic (exact) mass is 522 g/mol. The summed E-state index contributed by atoms with van der Waals surface area (Å²) in [6, 6.07) is 0. The molecule has 0 atom stereocenters. The highest BCUT2D eigenvalue weighted by molar-refractivity contribution is 7.47. The molecule has 0 aliphatic heterocycles. The molecule has 0 fully saturated rings. The van der Waals surface area contributed by atoms with Crippen molar-refractivity contribution >= 4 is 31.7 Å². The summed E-state index contributed by atoms with van der Waals surface area (Å²) in [5, 5.41) is 0. The minimum Gasteiger partial charge on any atom is -0.462 e. The Labute approximate surface area is 205 Å². The minimum absolute atomic E-state index is 0.0697. The fourth-order valence-electron chi connectivity index (χ4n) is 2.11. The first-order chi connectivity index (χ1) is 16.4. The van der Waals surface area contributed by atoms with Gasteiger partial charge in [-0.05, 0) is 39.5 Å².